The molecule has 1 amide bonds. The van der Waals surface area contributed by atoms with Crippen LogP contribution >= 0.6 is 0 Å². The van der Waals surface area contributed by atoms with Crippen molar-refractivity contribution in [1.82, 2.24) is 4.90 Å². The molecule has 4 nitrogen and oxygen atoms in total. The summed E-state index contributed by atoms with van der Waals surface area (Å²) >= 11 is 0. The minimum Gasteiger partial charge on any atom is -0.444 e. The Labute approximate surface area is 155 Å². The van der Waals surface area contributed by atoms with Crippen LogP contribution < -0.4 is 0 Å². The van der Waals surface area contributed by atoms with Crippen LogP contribution in [0.2, 0.25) is 0 Å². The molecule has 1 fully saturated rings. The molecule has 0 radical (unpaired) electrons. The minimum atomic E-state index is -1.28. The summed E-state index contributed by atoms with van der Waals surface area (Å²) in [5.41, 5.74) is -0.282. The third-order valence-electron chi connectivity index (χ3n) is 4.79. The van der Waals surface area contributed by atoms with E-state index in [0.29, 0.717) is 6.54 Å². The lowest BCUT2D eigenvalue weighted by atomic mass is 9.79. The standard InChI is InChI=1S/C22H27NO3/c1-21(2,3)26-20(24)23-16-10-15-19(23)22(25,17-11-6-4-7-12-17)18-13-8-5-9-14-18/h4-9,11-14,19,25H,10,15-16H2,1-3H3/t19-/m1/s1. The van der Waals surface area contributed by atoms with E-state index in [2.05, 4.69) is 0 Å². The van der Waals surface area contributed by atoms with Crippen molar-refractivity contribution in [1.29, 1.82) is 0 Å². The molecule has 1 N–H and O–H groups in total. The molecule has 0 unspecified atom stereocenters. The molecule has 138 valence electrons. The van der Waals surface area contributed by atoms with Crippen LogP contribution in [0.4, 0.5) is 4.79 Å². The van der Waals surface area contributed by atoms with Gasteiger partial charge in [0.15, 0.2) is 0 Å². The molecule has 1 aliphatic heterocycles. The number of amides is 1. The first kappa shape index (κ1) is 18.5. The average Bonchev–Trinajstić information content (AvgIpc) is 3.11. The topological polar surface area (TPSA) is 49.8 Å². The van der Waals surface area contributed by atoms with Gasteiger partial charge in [-0.25, -0.2) is 4.79 Å². The van der Waals surface area contributed by atoms with Crippen molar-refractivity contribution in [3.8, 4) is 0 Å². The maximum atomic E-state index is 12.8. The van der Waals surface area contributed by atoms with E-state index in [-0.39, 0.29) is 12.1 Å². The van der Waals surface area contributed by atoms with Gasteiger partial charge in [-0.05, 0) is 44.7 Å². The van der Waals surface area contributed by atoms with Crippen LogP contribution in [-0.2, 0) is 10.3 Å². The van der Waals surface area contributed by atoms with E-state index in [1.807, 2.05) is 81.4 Å². The zero-order valence-electron chi connectivity index (χ0n) is 15.7. The van der Waals surface area contributed by atoms with E-state index in [0.717, 1.165) is 24.0 Å². The van der Waals surface area contributed by atoms with Gasteiger partial charge < -0.3 is 14.7 Å². The molecular weight excluding hydrogens is 326 g/mol. The van der Waals surface area contributed by atoms with Gasteiger partial charge in [0.25, 0.3) is 0 Å². The number of hydrogen-bond acceptors (Lipinski definition) is 3. The van der Waals surface area contributed by atoms with E-state index >= 15 is 0 Å². The molecule has 1 saturated heterocycles. The maximum Gasteiger partial charge on any atom is 0.410 e. The maximum absolute atomic E-state index is 12.8. The van der Waals surface area contributed by atoms with Gasteiger partial charge >= 0.3 is 6.09 Å². The molecule has 3 rings (SSSR count). The smallest absolute Gasteiger partial charge is 0.410 e. The SMILES string of the molecule is CC(C)(C)OC(=O)N1CCC[C@@H]1C(O)(c1ccccc1)c1ccccc1. The number of nitrogens with zero attached hydrogens (tertiary/aromatic N) is 1. The van der Waals surface area contributed by atoms with Crippen LogP contribution in [0.5, 0.6) is 0 Å². The Morgan fingerprint density at radius 1 is 1.00 bits per heavy atom. The molecule has 1 aliphatic rings. The second-order valence-corrected chi connectivity index (χ2v) is 7.83. The van der Waals surface area contributed by atoms with Crippen molar-refractivity contribution in [3.63, 3.8) is 0 Å². The van der Waals surface area contributed by atoms with Gasteiger partial charge in [0.05, 0.1) is 6.04 Å². The van der Waals surface area contributed by atoms with E-state index < -0.39 is 11.2 Å². The first-order chi connectivity index (χ1) is 12.3. The molecule has 0 aromatic heterocycles. The highest BCUT2D eigenvalue weighted by Gasteiger charge is 2.48. The summed E-state index contributed by atoms with van der Waals surface area (Å²) in [7, 11) is 0. The fraction of sp³-hybridized carbons (Fsp3) is 0.409. The second-order valence-electron chi connectivity index (χ2n) is 7.83. The van der Waals surface area contributed by atoms with E-state index in [1.165, 1.54) is 0 Å². The van der Waals surface area contributed by atoms with Crippen LogP contribution in [0.1, 0.15) is 44.7 Å². The normalized spacial score (nSPS) is 18.0. The van der Waals surface area contributed by atoms with Gasteiger partial charge in [-0.2, -0.15) is 0 Å². The summed E-state index contributed by atoms with van der Waals surface area (Å²) in [5.74, 6) is 0. The van der Waals surface area contributed by atoms with Crippen LogP contribution in [0.3, 0.4) is 0 Å². The molecule has 0 saturated carbocycles. The first-order valence-electron chi connectivity index (χ1n) is 9.15. The van der Waals surface area contributed by atoms with Gasteiger partial charge in [-0.1, -0.05) is 60.7 Å². The Morgan fingerprint density at radius 2 is 1.50 bits per heavy atom. The fourth-order valence-electron chi connectivity index (χ4n) is 3.68. The van der Waals surface area contributed by atoms with E-state index in [9.17, 15) is 9.90 Å². The molecule has 4 heteroatoms. The lowest BCUT2D eigenvalue weighted by Gasteiger charge is -2.40. The Kier molecular flexibility index (Phi) is 5.05. The van der Waals surface area contributed by atoms with Crippen LogP contribution in [0, 0.1) is 0 Å². The Hall–Kier alpha value is -2.33. The molecule has 2 aromatic rings. The largest absolute Gasteiger partial charge is 0.444 e. The van der Waals surface area contributed by atoms with Gasteiger partial charge in [-0.15, -0.1) is 0 Å². The Morgan fingerprint density at radius 3 is 1.96 bits per heavy atom. The number of hydrogen-bond donors (Lipinski definition) is 1. The predicted octanol–water partition coefficient (Wildman–Crippen LogP) is 4.32. The summed E-state index contributed by atoms with van der Waals surface area (Å²) < 4.78 is 5.59. The van der Waals surface area contributed by atoms with Crippen LogP contribution in [0.25, 0.3) is 0 Å². The molecule has 26 heavy (non-hydrogen) atoms. The van der Waals surface area contributed by atoms with E-state index in [1.54, 1.807) is 4.90 Å². The van der Waals surface area contributed by atoms with Gasteiger partial charge in [0.1, 0.15) is 11.2 Å². The highest BCUT2D eigenvalue weighted by Crippen LogP contribution is 2.40. The van der Waals surface area contributed by atoms with Crippen molar-refractivity contribution in [2.45, 2.75) is 50.9 Å². The average molecular weight is 353 g/mol. The summed E-state index contributed by atoms with van der Waals surface area (Å²) in [5, 5.41) is 11.9. The second kappa shape index (κ2) is 7.12. The zero-order valence-corrected chi connectivity index (χ0v) is 15.7. The predicted molar refractivity (Wildman–Crippen MR) is 102 cm³/mol. The fourth-order valence-corrected chi connectivity index (χ4v) is 3.68. The van der Waals surface area contributed by atoms with Gasteiger partial charge in [-0.3, -0.25) is 0 Å². The summed E-state index contributed by atoms with van der Waals surface area (Å²) in [4.78, 5) is 14.5. The molecule has 0 bridgehead atoms. The number of carbonyl (C=O) groups is 1. The summed E-state index contributed by atoms with van der Waals surface area (Å²) in [6.07, 6.45) is 1.19. The monoisotopic (exact) mass is 353 g/mol. The number of benzene rings is 2. The third-order valence-corrected chi connectivity index (χ3v) is 4.79. The number of aliphatic hydroxyl groups is 1. The first-order valence-corrected chi connectivity index (χ1v) is 9.15. The van der Waals surface area contributed by atoms with Gasteiger partial charge in [0, 0.05) is 6.54 Å². The molecular formula is C22H27NO3. The van der Waals surface area contributed by atoms with Crippen molar-refractivity contribution in [2.24, 2.45) is 0 Å². The number of ether oxygens (including phenoxy) is 1. The molecule has 2 aromatic carbocycles. The summed E-state index contributed by atoms with van der Waals surface area (Å²) in [6, 6.07) is 18.8. The minimum absolute atomic E-state index is 0.370. The quantitative estimate of drug-likeness (QED) is 0.894. The lowest BCUT2D eigenvalue weighted by Crippen LogP contribution is -2.51. The van der Waals surface area contributed by atoms with Crippen molar-refractivity contribution >= 4 is 6.09 Å². The number of carbonyl (C=O) groups excluding carboxylic acids is 1. The van der Waals surface area contributed by atoms with Crippen molar-refractivity contribution < 1.29 is 14.6 Å². The highest BCUT2D eigenvalue weighted by atomic mass is 16.6. The number of rotatable bonds is 3. The zero-order chi connectivity index (χ0) is 18.8. The van der Waals surface area contributed by atoms with Gasteiger partial charge in [0.2, 0.25) is 0 Å². The van der Waals surface area contributed by atoms with Crippen LogP contribution in [-0.4, -0.2) is 34.3 Å². The molecule has 0 spiro atoms. The molecule has 1 heterocycles. The molecule has 0 aliphatic carbocycles. The third kappa shape index (κ3) is 3.61. The van der Waals surface area contributed by atoms with E-state index in [4.69, 9.17) is 4.74 Å². The summed E-state index contributed by atoms with van der Waals surface area (Å²) in [6.45, 7) is 6.16. The molecule has 1 atom stereocenters. The number of likely N-dealkylation sites (tertiary alicyclic amines) is 1. The Bertz CT molecular complexity index is 697. The van der Waals surface area contributed by atoms with Crippen LogP contribution in [0.15, 0.2) is 60.7 Å². The highest BCUT2D eigenvalue weighted by molar-refractivity contribution is 5.69. The Balaban J connectivity index is 2.03. The lowest BCUT2D eigenvalue weighted by molar-refractivity contribution is -0.0248. The van der Waals surface area contributed by atoms with Crippen molar-refractivity contribution in [3.05, 3.63) is 71.8 Å². The van der Waals surface area contributed by atoms with Crippen molar-refractivity contribution in [2.75, 3.05) is 6.54 Å².